The normalized spacial score (nSPS) is 28.6. The minimum atomic E-state index is -0.0476. The quantitative estimate of drug-likeness (QED) is 0.786. The van der Waals surface area contributed by atoms with E-state index in [0.717, 1.165) is 24.5 Å². The van der Waals surface area contributed by atoms with Crippen LogP contribution in [0, 0.1) is 12.8 Å². The summed E-state index contributed by atoms with van der Waals surface area (Å²) in [4.78, 5) is 24.7. The molecule has 3 heterocycles. The predicted molar refractivity (Wildman–Crippen MR) is 74.4 cm³/mol. The number of amides is 1. The molecule has 0 saturated carbocycles. The molecular weight excluding hydrogens is 256 g/mol. The van der Waals surface area contributed by atoms with E-state index in [9.17, 15) is 4.79 Å². The molecule has 0 radical (unpaired) electrons. The molecular formula is C14H20N4O2. The molecule has 20 heavy (non-hydrogen) atoms. The highest BCUT2D eigenvalue weighted by Gasteiger charge is 2.45. The second kappa shape index (κ2) is 5.01. The summed E-state index contributed by atoms with van der Waals surface area (Å²) < 4.78 is 5.91. The number of anilines is 1. The number of rotatable bonds is 2. The fraction of sp³-hybridized carbons (Fsp3) is 0.643. The van der Waals surface area contributed by atoms with Gasteiger partial charge in [0.1, 0.15) is 0 Å². The van der Waals surface area contributed by atoms with E-state index in [1.54, 1.807) is 19.0 Å². The Morgan fingerprint density at radius 1 is 1.35 bits per heavy atom. The van der Waals surface area contributed by atoms with Crippen molar-refractivity contribution < 1.29 is 9.53 Å². The monoisotopic (exact) mass is 276 g/mol. The molecule has 1 aromatic heterocycles. The van der Waals surface area contributed by atoms with Crippen LogP contribution in [0.1, 0.15) is 12.0 Å². The highest BCUT2D eigenvalue weighted by Crippen LogP contribution is 2.33. The first kappa shape index (κ1) is 13.3. The number of hydrogen-bond acceptors (Lipinski definition) is 5. The number of hydrogen-bond donors (Lipinski definition) is 0. The van der Waals surface area contributed by atoms with Crippen molar-refractivity contribution in [3.8, 4) is 0 Å². The maximum Gasteiger partial charge on any atom is 0.227 e. The largest absolute Gasteiger partial charge is 0.370 e. The van der Waals surface area contributed by atoms with Crippen molar-refractivity contribution in [1.82, 2.24) is 14.9 Å². The van der Waals surface area contributed by atoms with Crippen molar-refractivity contribution in [2.45, 2.75) is 25.6 Å². The van der Waals surface area contributed by atoms with Crippen molar-refractivity contribution in [3.63, 3.8) is 0 Å². The van der Waals surface area contributed by atoms with Crippen molar-refractivity contribution >= 4 is 11.9 Å². The Hall–Kier alpha value is -1.69. The predicted octanol–water partition coefficient (Wildman–Crippen LogP) is 0.467. The van der Waals surface area contributed by atoms with Gasteiger partial charge < -0.3 is 14.5 Å². The summed E-state index contributed by atoms with van der Waals surface area (Å²) in [5, 5.41) is 0. The second-order valence-electron chi connectivity index (χ2n) is 5.84. The van der Waals surface area contributed by atoms with Gasteiger partial charge in [-0.2, -0.15) is 0 Å². The molecule has 2 fully saturated rings. The number of carbonyl (C=O) groups is 1. The molecule has 2 saturated heterocycles. The van der Waals surface area contributed by atoms with Gasteiger partial charge >= 0.3 is 0 Å². The smallest absolute Gasteiger partial charge is 0.227 e. The summed E-state index contributed by atoms with van der Waals surface area (Å²) in [6, 6.07) is 0. The fourth-order valence-electron chi connectivity index (χ4n) is 2.96. The molecule has 108 valence electrons. The molecule has 0 unspecified atom stereocenters. The summed E-state index contributed by atoms with van der Waals surface area (Å²) >= 11 is 0. The average Bonchev–Trinajstić information content (AvgIpc) is 2.73. The lowest BCUT2D eigenvalue weighted by atomic mass is 9.99. The number of morpholine rings is 1. The van der Waals surface area contributed by atoms with E-state index in [1.165, 1.54) is 0 Å². The van der Waals surface area contributed by atoms with Crippen LogP contribution in [-0.2, 0) is 9.53 Å². The van der Waals surface area contributed by atoms with Gasteiger partial charge in [-0.1, -0.05) is 0 Å². The highest BCUT2D eigenvalue weighted by atomic mass is 16.5. The minimum Gasteiger partial charge on any atom is -0.370 e. The van der Waals surface area contributed by atoms with Gasteiger partial charge in [0.05, 0.1) is 18.1 Å². The molecule has 6 nitrogen and oxygen atoms in total. The third-order valence-electron chi connectivity index (χ3n) is 3.97. The van der Waals surface area contributed by atoms with Crippen LogP contribution in [0.3, 0.4) is 0 Å². The van der Waals surface area contributed by atoms with Crippen LogP contribution in [0.15, 0.2) is 12.4 Å². The molecule has 2 aliphatic heterocycles. The summed E-state index contributed by atoms with van der Waals surface area (Å²) in [5.41, 5.74) is 1.05. The maximum atomic E-state index is 12.2. The lowest BCUT2D eigenvalue weighted by Crippen LogP contribution is -2.46. The highest BCUT2D eigenvalue weighted by molar-refractivity contribution is 5.79. The number of nitrogens with zero attached hydrogens (tertiary/aromatic N) is 4. The zero-order valence-electron chi connectivity index (χ0n) is 12.1. The molecule has 0 aliphatic carbocycles. The topological polar surface area (TPSA) is 58.6 Å². The lowest BCUT2D eigenvalue weighted by Gasteiger charge is -2.33. The number of aromatic nitrogens is 2. The van der Waals surface area contributed by atoms with Gasteiger partial charge in [-0.15, -0.1) is 0 Å². The summed E-state index contributed by atoms with van der Waals surface area (Å²) in [6.07, 6.45) is 4.50. The van der Waals surface area contributed by atoms with Crippen molar-refractivity contribution in [1.29, 1.82) is 0 Å². The molecule has 0 spiro atoms. The van der Waals surface area contributed by atoms with Gasteiger partial charge in [-0.25, -0.2) is 9.97 Å². The average molecular weight is 276 g/mol. The molecule has 6 heteroatoms. The number of fused-ring (bicyclic) bond motifs is 2. The Morgan fingerprint density at radius 3 is 2.70 bits per heavy atom. The number of ether oxygens (including phenoxy) is 1. The van der Waals surface area contributed by atoms with Crippen LogP contribution in [0.25, 0.3) is 0 Å². The number of carbonyl (C=O) groups excluding carboxylic acids is 1. The minimum absolute atomic E-state index is 0.0366. The van der Waals surface area contributed by atoms with Gasteiger partial charge in [0.25, 0.3) is 0 Å². The van der Waals surface area contributed by atoms with Gasteiger partial charge in [0.15, 0.2) is 0 Å². The molecule has 1 aromatic rings. The standard InChI is InChI=1S/C14H20N4O2/c1-9-5-15-14(16-6-9)18-7-10-4-11(12(8-18)20-10)13(19)17(2)3/h5-6,10-12H,4,7-8H2,1-3H3/t10-,11+,12-/m1/s1. The Labute approximate surface area is 118 Å². The van der Waals surface area contributed by atoms with Gasteiger partial charge in [-0.05, 0) is 18.9 Å². The van der Waals surface area contributed by atoms with E-state index in [2.05, 4.69) is 14.9 Å². The Morgan fingerprint density at radius 2 is 2.05 bits per heavy atom. The molecule has 3 atom stereocenters. The van der Waals surface area contributed by atoms with E-state index in [4.69, 9.17) is 4.74 Å². The van der Waals surface area contributed by atoms with Crippen LogP contribution in [0.5, 0.6) is 0 Å². The fourth-order valence-corrected chi connectivity index (χ4v) is 2.96. The molecule has 2 bridgehead atoms. The Balaban J connectivity index is 1.75. The van der Waals surface area contributed by atoms with Crippen LogP contribution >= 0.6 is 0 Å². The maximum absolute atomic E-state index is 12.2. The van der Waals surface area contributed by atoms with Crippen LogP contribution in [0.4, 0.5) is 5.95 Å². The number of aryl methyl sites for hydroxylation is 1. The summed E-state index contributed by atoms with van der Waals surface area (Å²) in [6.45, 7) is 3.42. The molecule has 0 N–H and O–H groups in total. The van der Waals surface area contributed by atoms with E-state index in [0.29, 0.717) is 6.54 Å². The second-order valence-corrected chi connectivity index (χ2v) is 5.84. The zero-order chi connectivity index (χ0) is 14.3. The first-order chi connectivity index (χ1) is 9.54. The summed E-state index contributed by atoms with van der Waals surface area (Å²) in [5.74, 6) is 0.849. The molecule has 3 rings (SSSR count). The third-order valence-corrected chi connectivity index (χ3v) is 3.97. The first-order valence-electron chi connectivity index (χ1n) is 6.95. The zero-order valence-corrected chi connectivity index (χ0v) is 12.1. The molecule has 2 aliphatic rings. The van der Waals surface area contributed by atoms with Crippen molar-refractivity contribution in [2.24, 2.45) is 5.92 Å². The lowest BCUT2D eigenvalue weighted by molar-refractivity contribution is -0.134. The molecule has 1 amide bonds. The van der Waals surface area contributed by atoms with Gasteiger partial charge in [0, 0.05) is 39.6 Å². The first-order valence-corrected chi connectivity index (χ1v) is 6.95. The van der Waals surface area contributed by atoms with E-state index in [-0.39, 0.29) is 24.0 Å². The third kappa shape index (κ3) is 2.35. The van der Waals surface area contributed by atoms with Crippen LogP contribution in [0.2, 0.25) is 0 Å². The van der Waals surface area contributed by atoms with Gasteiger partial charge in [0.2, 0.25) is 11.9 Å². The van der Waals surface area contributed by atoms with Crippen molar-refractivity contribution in [2.75, 3.05) is 32.1 Å². The Bertz CT molecular complexity index is 502. The molecule has 0 aromatic carbocycles. The van der Waals surface area contributed by atoms with E-state index >= 15 is 0 Å². The van der Waals surface area contributed by atoms with Crippen LogP contribution in [-0.4, -0.2) is 60.2 Å². The van der Waals surface area contributed by atoms with Gasteiger partial charge in [-0.3, -0.25) is 4.79 Å². The van der Waals surface area contributed by atoms with E-state index < -0.39 is 0 Å². The van der Waals surface area contributed by atoms with Crippen molar-refractivity contribution in [3.05, 3.63) is 18.0 Å². The summed E-state index contributed by atoms with van der Waals surface area (Å²) in [7, 11) is 3.59. The Kier molecular flexibility index (Phi) is 3.33. The van der Waals surface area contributed by atoms with E-state index in [1.807, 2.05) is 19.3 Å². The van der Waals surface area contributed by atoms with Crippen LogP contribution < -0.4 is 4.90 Å². The SMILES string of the molecule is Cc1cnc(N2C[C@H]3C[C@H](C(=O)N(C)C)[C@@H](C2)O3)nc1.